The van der Waals surface area contributed by atoms with Crippen molar-refractivity contribution >= 4 is 5.78 Å². The van der Waals surface area contributed by atoms with Gasteiger partial charge < -0.3 is 15.2 Å². The molecule has 0 aliphatic carbocycles. The van der Waals surface area contributed by atoms with Gasteiger partial charge in [0.05, 0.1) is 5.56 Å². The summed E-state index contributed by atoms with van der Waals surface area (Å²) in [6.45, 7) is 0.717. The fraction of sp³-hybridized carbons (Fsp3) is 0.364. The minimum absolute atomic E-state index is 0.0581. The highest BCUT2D eigenvalue weighted by atomic mass is 16.7. The van der Waals surface area contributed by atoms with Crippen molar-refractivity contribution in [3.8, 4) is 11.5 Å². The molecule has 15 heavy (non-hydrogen) atoms. The Kier molecular flexibility index (Phi) is 2.87. The van der Waals surface area contributed by atoms with E-state index in [9.17, 15) is 4.79 Å². The monoisotopic (exact) mass is 207 g/mol. The molecule has 1 heterocycles. The lowest BCUT2D eigenvalue weighted by molar-refractivity contribution is 0.0976. The number of carbonyl (C=O) groups excluding carboxylic acids is 1. The summed E-state index contributed by atoms with van der Waals surface area (Å²) in [5.41, 5.74) is 5.96. The highest BCUT2D eigenvalue weighted by Gasteiger charge is 2.20. The van der Waals surface area contributed by atoms with Crippen LogP contribution in [-0.2, 0) is 0 Å². The van der Waals surface area contributed by atoms with Gasteiger partial charge in [0, 0.05) is 6.42 Å². The molecule has 0 atom stereocenters. The average Bonchev–Trinajstić information content (AvgIpc) is 2.73. The Morgan fingerprint density at radius 1 is 1.40 bits per heavy atom. The van der Waals surface area contributed by atoms with Crippen LogP contribution >= 0.6 is 0 Å². The standard InChI is InChI=1S/C11H13NO3/c12-6-2-4-9(13)8-3-1-5-10-11(8)15-7-14-10/h1,3,5H,2,4,6-7,12H2. The van der Waals surface area contributed by atoms with E-state index in [4.69, 9.17) is 15.2 Å². The molecular weight excluding hydrogens is 194 g/mol. The molecule has 1 aromatic rings. The van der Waals surface area contributed by atoms with Gasteiger partial charge in [0.1, 0.15) is 0 Å². The molecule has 0 fully saturated rings. The molecule has 4 nitrogen and oxygen atoms in total. The minimum Gasteiger partial charge on any atom is -0.454 e. The predicted octanol–water partition coefficient (Wildman–Crippen LogP) is 1.34. The van der Waals surface area contributed by atoms with Crippen LogP contribution in [0.25, 0.3) is 0 Å². The van der Waals surface area contributed by atoms with E-state index in [1.54, 1.807) is 18.2 Å². The van der Waals surface area contributed by atoms with Crippen LogP contribution in [-0.4, -0.2) is 19.1 Å². The van der Waals surface area contributed by atoms with E-state index in [0.717, 1.165) is 0 Å². The number of benzene rings is 1. The Morgan fingerprint density at radius 2 is 2.27 bits per heavy atom. The van der Waals surface area contributed by atoms with Crippen LogP contribution in [0.3, 0.4) is 0 Å². The van der Waals surface area contributed by atoms with Crippen molar-refractivity contribution in [3.63, 3.8) is 0 Å². The molecule has 0 saturated carbocycles. The fourth-order valence-electron chi connectivity index (χ4n) is 1.55. The van der Waals surface area contributed by atoms with Crippen LogP contribution in [0.5, 0.6) is 11.5 Å². The third-order valence-corrected chi connectivity index (χ3v) is 2.30. The van der Waals surface area contributed by atoms with Gasteiger partial charge in [-0.05, 0) is 25.1 Å². The van der Waals surface area contributed by atoms with Gasteiger partial charge in [0.25, 0.3) is 0 Å². The minimum atomic E-state index is 0.0581. The Labute approximate surface area is 88.0 Å². The van der Waals surface area contributed by atoms with Crippen molar-refractivity contribution in [2.24, 2.45) is 5.73 Å². The van der Waals surface area contributed by atoms with E-state index in [1.807, 2.05) is 0 Å². The predicted molar refractivity (Wildman–Crippen MR) is 55.2 cm³/mol. The molecule has 0 saturated heterocycles. The highest BCUT2D eigenvalue weighted by Crippen LogP contribution is 2.35. The van der Waals surface area contributed by atoms with Crippen LogP contribution in [0.15, 0.2) is 18.2 Å². The Balaban J connectivity index is 2.21. The molecule has 0 unspecified atom stereocenters. The van der Waals surface area contributed by atoms with Gasteiger partial charge in [0.2, 0.25) is 6.79 Å². The molecule has 1 aliphatic rings. The quantitative estimate of drug-likeness (QED) is 0.757. The molecule has 1 aliphatic heterocycles. The molecular formula is C11H13NO3. The topological polar surface area (TPSA) is 61.6 Å². The maximum absolute atomic E-state index is 11.8. The van der Waals surface area contributed by atoms with Gasteiger partial charge in [0.15, 0.2) is 17.3 Å². The summed E-state index contributed by atoms with van der Waals surface area (Å²) in [5, 5.41) is 0. The molecule has 0 aromatic heterocycles. The molecule has 0 amide bonds. The van der Waals surface area contributed by atoms with Crippen LogP contribution < -0.4 is 15.2 Å². The van der Waals surface area contributed by atoms with Crippen LogP contribution in [0.4, 0.5) is 0 Å². The van der Waals surface area contributed by atoms with Crippen molar-refractivity contribution in [1.82, 2.24) is 0 Å². The molecule has 2 rings (SSSR count). The van der Waals surface area contributed by atoms with E-state index in [0.29, 0.717) is 36.4 Å². The lowest BCUT2D eigenvalue weighted by Gasteiger charge is -2.03. The lowest BCUT2D eigenvalue weighted by atomic mass is 10.1. The zero-order valence-electron chi connectivity index (χ0n) is 8.36. The van der Waals surface area contributed by atoms with Crippen LogP contribution in [0.2, 0.25) is 0 Å². The van der Waals surface area contributed by atoms with Crippen molar-refractivity contribution < 1.29 is 14.3 Å². The molecule has 0 bridgehead atoms. The lowest BCUT2D eigenvalue weighted by Crippen LogP contribution is -2.05. The largest absolute Gasteiger partial charge is 0.454 e. The van der Waals surface area contributed by atoms with Crippen LogP contribution in [0.1, 0.15) is 23.2 Å². The second-order valence-electron chi connectivity index (χ2n) is 3.35. The first-order valence-electron chi connectivity index (χ1n) is 4.95. The van der Waals surface area contributed by atoms with Gasteiger partial charge in [-0.15, -0.1) is 0 Å². The van der Waals surface area contributed by atoms with Gasteiger partial charge >= 0.3 is 0 Å². The third-order valence-electron chi connectivity index (χ3n) is 2.30. The number of carbonyl (C=O) groups is 1. The fourth-order valence-corrected chi connectivity index (χ4v) is 1.55. The first-order valence-corrected chi connectivity index (χ1v) is 4.95. The summed E-state index contributed by atoms with van der Waals surface area (Å²) in [6, 6.07) is 5.34. The number of hydrogen-bond donors (Lipinski definition) is 1. The van der Waals surface area contributed by atoms with E-state index >= 15 is 0 Å². The number of rotatable bonds is 4. The molecule has 80 valence electrons. The second kappa shape index (κ2) is 4.31. The molecule has 2 N–H and O–H groups in total. The Hall–Kier alpha value is -1.55. The first-order chi connectivity index (χ1) is 7.33. The van der Waals surface area contributed by atoms with Crippen molar-refractivity contribution in [1.29, 1.82) is 0 Å². The normalized spacial score (nSPS) is 12.9. The zero-order valence-corrected chi connectivity index (χ0v) is 8.36. The van der Waals surface area contributed by atoms with E-state index < -0.39 is 0 Å². The summed E-state index contributed by atoms with van der Waals surface area (Å²) in [5.74, 6) is 1.27. The van der Waals surface area contributed by atoms with E-state index in [-0.39, 0.29) is 12.6 Å². The van der Waals surface area contributed by atoms with Gasteiger partial charge in [-0.1, -0.05) is 6.07 Å². The number of fused-ring (bicyclic) bond motifs is 1. The maximum atomic E-state index is 11.8. The average molecular weight is 207 g/mol. The number of hydrogen-bond acceptors (Lipinski definition) is 4. The Bertz CT molecular complexity index is 376. The summed E-state index contributed by atoms with van der Waals surface area (Å²) in [6.07, 6.45) is 1.15. The summed E-state index contributed by atoms with van der Waals surface area (Å²) in [7, 11) is 0. The van der Waals surface area contributed by atoms with Gasteiger partial charge in [-0.25, -0.2) is 0 Å². The second-order valence-corrected chi connectivity index (χ2v) is 3.35. The smallest absolute Gasteiger partial charge is 0.231 e. The Morgan fingerprint density at radius 3 is 3.07 bits per heavy atom. The van der Waals surface area contributed by atoms with E-state index in [1.165, 1.54) is 0 Å². The van der Waals surface area contributed by atoms with E-state index in [2.05, 4.69) is 0 Å². The summed E-state index contributed by atoms with van der Waals surface area (Å²) >= 11 is 0. The highest BCUT2D eigenvalue weighted by molar-refractivity contribution is 5.99. The van der Waals surface area contributed by atoms with Gasteiger partial charge in [-0.2, -0.15) is 0 Å². The molecule has 0 radical (unpaired) electrons. The maximum Gasteiger partial charge on any atom is 0.231 e. The van der Waals surface area contributed by atoms with Crippen LogP contribution in [0, 0.1) is 0 Å². The number of ether oxygens (including phenoxy) is 2. The van der Waals surface area contributed by atoms with Crippen molar-refractivity contribution in [2.45, 2.75) is 12.8 Å². The van der Waals surface area contributed by atoms with Gasteiger partial charge in [-0.3, -0.25) is 4.79 Å². The zero-order chi connectivity index (χ0) is 10.7. The number of nitrogens with two attached hydrogens (primary N) is 1. The number of para-hydroxylation sites is 1. The first kappa shape index (κ1) is 9.98. The molecule has 4 heteroatoms. The molecule has 1 aromatic carbocycles. The van der Waals surface area contributed by atoms with Crippen molar-refractivity contribution in [2.75, 3.05) is 13.3 Å². The number of Topliss-reactive ketones (excluding diaryl/α,β-unsaturated/α-hetero) is 1. The molecule has 0 spiro atoms. The SMILES string of the molecule is NCCCC(=O)c1cccc2c1OCO2. The summed E-state index contributed by atoms with van der Waals surface area (Å²) in [4.78, 5) is 11.8. The third kappa shape index (κ3) is 1.94. The summed E-state index contributed by atoms with van der Waals surface area (Å²) < 4.78 is 10.5. The van der Waals surface area contributed by atoms with Crippen molar-refractivity contribution in [3.05, 3.63) is 23.8 Å². The number of ketones is 1.